The van der Waals surface area contributed by atoms with Crippen molar-refractivity contribution in [2.24, 2.45) is 0 Å². The van der Waals surface area contributed by atoms with Gasteiger partial charge in [0.25, 0.3) is 5.91 Å². The van der Waals surface area contributed by atoms with Crippen molar-refractivity contribution in [2.45, 2.75) is 18.9 Å². The Balaban J connectivity index is 1.68. The highest BCUT2D eigenvalue weighted by molar-refractivity contribution is 5.93. The fraction of sp³-hybridized carbons (Fsp3) is 0.421. The molecule has 2 fully saturated rings. The fourth-order valence-electron chi connectivity index (χ4n) is 2.95. The molecule has 1 aromatic heterocycles. The first-order valence-electron chi connectivity index (χ1n) is 8.88. The minimum Gasteiger partial charge on any atom is -0.354 e. The number of nitrogens with one attached hydrogen (secondary N) is 1. The van der Waals surface area contributed by atoms with Crippen LogP contribution in [-0.4, -0.2) is 60.0 Å². The van der Waals surface area contributed by atoms with Crippen LogP contribution in [0.25, 0.3) is 11.4 Å². The van der Waals surface area contributed by atoms with E-state index in [1.165, 1.54) is 0 Å². The van der Waals surface area contributed by atoms with Crippen molar-refractivity contribution in [3.8, 4) is 11.4 Å². The highest BCUT2D eigenvalue weighted by atomic mass is 16.2. The van der Waals surface area contributed by atoms with Gasteiger partial charge in [0.1, 0.15) is 11.5 Å². The van der Waals surface area contributed by atoms with Gasteiger partial charge >= 0.3 is 0 Å². The van der Waals surface area contributed by atoms with Crippen LogP contribution >= 0.6 is 0 Å². The SMILES string of the molecule is CN1CCN(c2cc(C(=O)NC3CC3)nc(-c3ccccc3)n2)CC1. The van der Waals surface area contributed by atoms with E-state index in [-0.39, 0.29) is 5.91 Å². The summed E-state index contributed by atoms with van der Waals surface area (Å²) in [4.78, 5) is 26.4. The molecule has 0 radical (unpaired) electrons. The van der Waals surface area contributed by atoms with Crippen molar-refractivity contribution in [2.75, 3.05) is 38.1 Å². The third-order valence-corrected chi connectivity index (χ3v) is 4.72. The van der Waals surface area contributed by atoms with Crippen LogP contribution in [0, 0.1) is 0 Å². The largest absolute Gasteiger partial charge is 0.354 e. The molecule has 0 atom stereocenters. The van der Waals surface area contributed by atoms with Gasteiger partial charge in [0.05, 0.1) is 0 Å². The average molecular weight is 337 g/mol. The van der Waals surface area contributed by atoms with E-state index in [1.54, 1.807) is 0 Å². The number of aromatic nitrogens is 2. The second kappa shape index (κ2) is 6.80. The highest BCUT2D eigenvalue weighted by Crippen LogP contribution is 2.23. The minimum absolute atomic E-state index is 0.0996. The van der Waals surface area contributed by atoms with Gasteiger partial charge in [0.2, 0.25) is 0 Å². The van der Waals surface area contributed by atoms with Crippen LogP contribution in [0.15, 0.2) is 36.4 Å². The van der Waals surface area contributed by atoms with Crippen molar-refractivity contribution in [3.63, 3.8) is 0 Å². The summed E-state index contributed by atoms with van der Waals surface area (Å²) >= 11 is 0. The third kappa shape index (κ3) is 3.79. The van der Waals surface area contributed by atoms with Gasteiger partial charge in [0.15, 0.2) is 5.82 Å². The van der Waals surface area contributed by atoms with Crippen molar-refractivity contribution in [3.05, 3.63) is 42.1 Å². The molecule has 0 unspecified atom stereocenters. The molecular formula is C19H23N5O. The number of hydrogen-bond donors (Lipinski definition) is 1. The van der Waals surface area contributed by atoms with Gasteiger partial charge in [0, 0.05) is 43.9 Å². The molecule has 1 saturated heterocycles. The summed E-state index contributed by atoms with van der Waals surface area (Å²) < 4.78 is 0. The van der Waals surface area contributed by atoms with E-state index in [4.69, 9.17) is 4.98 Å². The Labute approximate surface area is 147 Å². The number of rotatable bonds is 4. The Hall–Kier alpha value is -2.47. The molecule has 1 aliphatic carbocycles. The average Bonchev–Trinajstić information content (AvgIpc) is 3.46. The highest BCUT2D eigenvalue weighted by Gasteiger charge is 2.26. The van der Waals surface area contributed by atoms with Gasteiger partial charge < -0.3 is 15.1 Å². The van der Waals surface area contributed by atoms with Crippen molar-refractivity contribution < 1.29 is 4.79 Å². The number of benzene rings is 1. The number of carbonyl (C=O) groups excluding carboxylic acids is 1. The summed E-state index contributed by atoms with van der Waals surface area (Å²) in [5.41, 5.74) is 1.38. The Morgan fingerprint density at radius 3 is 2.48 bits per heavy atom. The lowest BCUT2D eigenvalue weighted by Crippen LogP contribution is -2.45. The zero-order chi connectivity index (χ0) is 17.2. The molecule has 1 N–H and O–H groups in total. The molecule has 1 aromatic carbocycles. The van der Waals surface area contributed by atoms with Gasteiger partial charge in [-0.2, -0.15) is 0 Å². The van der Waals surface area contributed by atoms with E-state index >= 15 is 0 Å². The zero-order valence-corrected chi connectivity index (χ0v) is 14.5. The van der Waals surface area contributed by atoms with E-state index < -0.39 is 0 Å². The van der Waals surface area contributed by atoms with Crippen molar-refractivity contribution >= 4 is 11.7 Å². The molecule has 130 valence electrons. The van der Waals surface area contributed by atoms with Crippen LogP contribution in [0.1, 0.15) is 23.3 Å². The lowest BCUT2D eigenvalue weighted by Gasteiger charge is -2.33. The van der Waals surface area contributed by atoms with Crippen molar-refractivity contribution in [1.29, 1.82) is 0 Å². The standard InChI is InChI=1S/C19H23N5O/c1-23-9-11-24(12-10-23)17-13-16(19(25)20-15-7-8-15)21-18(22-17)14-5-3-2-4-6-14/h2-6,13,15H,7-12H2,1H3,(H,20,25). The molecule has 1 amide bonds. The number of hydrogen-bond acceptors (Lipinski definition) is 5. The monoisotopic (exact) mass is 337 g/mol. The lowest BCUT2D eigenvalue weighted by atomic mass is 10.2. The molecule has 4 rings (SSSR count). The number of nitrogens with zero attached hydrogens (tertiary/aromatic N) is 4. The number of likely N-dealkylation sites (N-methyl/N-ethyl adjacent to an activating group) is 1. The number of carbonyl (C=O) groups is 1. The maximum absolute atomic E-state index is 12.5. The fourth-order valence-corrected chi connectivity index (χ4v) is 2.95. The number of anilines is 1. The van der Waals surface area contributed by atoms with E-state index in [0.717, 1.165) is 50.4 Å². The first kappa shape index (κ1) is 16.0. The summed E-state index contributed by atoms with van der Waals surface area (Å²) in [7, 11) is 2.13. The van der Waals surface area contributed by atoms with Gasteiger partial charge in [-0.1, -0.05) is 30.3 Å². The quantitative estimate of drug-likeness (QED) is 0.922. The van der Waals surface area contributed by atoms with E-state index in [0.29, 0.717) is 17.6 Å². The number of piperazine rings is 1. The Morgan fingerprint density at radius 2 is 1.80 bits per heavy atom. The summed E-state index contributed by atoms with van der Waals surface area (Å²) in [6, 6.07) is 12.0. The number of amides is 1. The Bertz CT molecular complexity index is 752. The first-order chi connectivity index (χ1) is 12.2. The predicted octanol–water partition coefficient (Wildman–Crippen LogP) is 1.79. The van der Waals surface area contributed by atoms with Crippen LogP contribution in [0.2, 0.25) is 0 Å². The van der Waals surface area contributed by atoms with Gasteiger partial charge in [-0.15, -0.1) is 0 Å². The molecule has 1 saturated carbocycles. The first-order valence-corrected chi connectivity index (χ1v) is 8.88. The molecule has 0 bridgehead atoms. The molecule has 0 spiro atoms. The van der Waals surface area contributed by atoms with Crippen LogP contribution in [0.4, 0.5) is 5.82 Å². The zero-order valence-electron chi connectivity index (χ0n) is 14.5. The molecule has 25 heavy (non-hydrogen) atoms. The normalized spacial score (nSPS) is 18.2. The van der Waals surface area contributed by atoms with E-state index in [1.807, 2.05) is 36.4 Å². The minimum atomic E-state index is -0.0996. The summed E-state index contributed by atoms with van der Waals surface area (Å²) in [6.07, 6.45) is 2.13. The van der Waals surface area contributed by atoms with Crippen LogP contribution in [-0.2, 0) is 0 Å². The topological polar surface area (TPSA) is 61.4 Å². The molecule has 2 heterocycles. The van der Waals surface area contributed by atoms with E-state index in [2.05, 4.69) is 27.1 Å². The lowest BCUT2D eigenvalue weighted by molar-refractivity contribution is 0.0946. The summed E-state index contributed by atoms with van der Waals surface area (Å²) in [5, 5.41) is 3.03. The molecule has 6 nitrogen and oxygen atoms in total. The second-order valence-corrected chi connectivity index (χ2v) is 6.84. The van der Waals surface area contributed by atoms with Crippen molar-refractivity contribution in [1.82, 2.24) is 20.2 Å². The van der Waals surface area contributed by atoms with Gasteiger partial charge in [-0.3, -0.25) is 4.79 Å². The van der Waals surface area contributed by atoms with Crippen LogP contribution in [0.5, 0.6) is 0 Å². The molecule has 2 aromatic rings. The molecular weight excluding hydrogens is 314 g/mol. The summed E-state index contributed by atoms with van der Waals surface area (Å²) in [5.74, 6) is 1.35. The Kier molecular flexibility index (Phi) is 4.36. The Morgan fingerprint density at radius 1 is 1.08 bits per heavy atom. The third-order valence-electron chi connectivity index (χ3n) is 4.72. The molecule has 6 heteroatoms. The summed E-state index contributed by atoms with van der Waals surface area (Å²) in [6.45, 7) is 3.80. The maximum Gasteiger partial charge on any atom is 0.270 e. The smallest absolute Gasteiger partial charge is 0.270 e. The maximum atomic E-state index is 12.5. The van der Waals surface area contributed by atoms with Crippen LogP contribution in [0.3, 0.4) is 0 Å². The molecule has 2 aliphatic rings. The second-order valence-electron chi connectivity index (χ2n) is 6.84. The predicted molar refractivity (Wildman–Crippen MR) is 97.7 cm³/mol. The molecule has 1 aliphatic heterocycles. The van der Waals surface area contributed by atoms with Crippen LogP contribution < -0.4 is 10.2 Å². The van der Waals surface area contributed by atoms with Gasteiger partial charge in [-0.25, -0.2) is 9.97 Å². The van der Waals surface area contributed by atoms with E-state index in [9.17, 15) is 4.79 Å². The van der Waals surface area contributed by atoms with Gasteiger partial charge in [-0.05, 0) is 19.9 Å².